The SMILES string of the molecule is O=C(c1ccsc1)C(O)C1CC1. The summed E-state index contributed by atoms with van der Waals surface area (Å²) in [5.74, 6) is 0.121. The van der Waals surface area contributed by atoms with Crippen LogP contribution in [0.4, 0.5) is 0 Å². The first-order valence-electron chi connectivity index (χ1n) is 4.03. The van der Waals surface area contributed by atoms with Gasteiger partial charge in [-0.2, -0.15) is 11.3 Å². The fraction of sp³-hybridized carbons (Fsp3) is 0.444. The highest BCUT2D eigenvalue weighted by molar-refractivity contribution is 7.08. The van der Waals surface area contributed by atoms with E-state index < -0.39 is 6.10 Å². The summed E-state index contributed by atoms with van der Waals surface area (Å²) in [4.78, 5) is 11.4. The lowest BCUT2D eigenvalue weighted by Gasteiger charge is -2.04. The number of ketones is 1. The predicted octanol–water partition coefficient (Wildman–Crippen LogP) is 1.70. The van der Waals surface area contributed by atoms with Gasteiger partial charge in [0, 0.05) is 10.9 Å². The van der Waals surface area contributed by atoms with E-state index in [1.807, 2.05) is 5.38 Å². The number of Topliss-reactive ketones (excluding diaryl/α,β-unsaturated/α-hetero) is 1. The molecule has 1 fully saturated rings. The van der Waals surface area contributed by atoms with Crippen LogP contribution in [-0.2, 0) is 0 Å². The molecule has 1 heterocycles. The molecular weight excluding hydrogens is 172 g/mol. The highest BCUT2D eigenvalue weighted by Gasteiger charge is 2.34. The van der Waals surface area contributed by atoms with Crippen molar-refractivity contribution < 1.29 is 9.90 Å². The third kappa shape index (κ3) is 1.42. The summed E-state index contributed by atoms with van der Waals surface area (Å²) in [7, 11) is 0. The molecule has 2 rings (SSSR count). The van der Waals surface area contributed by atoms with Crippen molar-refractivity contribution in [1.82, 2.24) is 0 Å². The van der Waals surface area contributed by atoms with Crippen LogP contribution in [0.2, 0.25) is 0 Å². The molecule has 0 radical (unpaired) electrons. The van der Waals surface area contributed by atoms with Crippen LogP contribution in [0, 0.1) is 5.92 Å². The van der Waals surface area contributed by atoms with E-state index in [1.165, 1.54) is 11.3 Å². The first-order valence-corrected chi connectivity index (χ1v) is 4.98. The number of aliphatic hydroxyl groups excluding tert-OH is 1. The maximum atomic E-state index is 11.4. The zero-order chi connectivity index (χ0) is 8.55. The molecule has 0 spiro atoms. The quantitative estimate of drug-likeness (QED) is 0.722. The predicted molar refractivity (Wildman–Crippen MR) is 47.4 cm³/mol. The minimum absolute atomic E-state index is 0.112. The standard InChI is InChI=1S/C9H10O2S/c10-8(6-1-2-6)9(11)7-3-4-12-5-7/h3-6,8,10H,1-2H2. The van der Waals surface area contributed by atoms with Gasteiger partial charge < -0.3 is 5.11 Å². The number of hydrogen-bond acceptors (Lipinski definition) is 3. The number of carbonyl (C=O) groups excluding carboxylic acids is 1. The Bertz CT molecular complexity index is 275. The van der Waals surface area contributed by atoms with Crippen LogP contribution in [0.5, 0.6) is 0 Å². The van der Waals surface area contributed by atoms with E-state index in [2.05, 4.69) is 0 Å². The molecule has 0 amide bonds. The van der Waals surface area contributed by atoms with Gasteiger partial charge in [-0.15, -0.1) is 0 Å². The Kier molecular flexibility index (Phi) is 1.98. The molecule has 1 aromatic heterocycles. The molecular formula is C9H10O2S. The summed E-state index contributed by atoms with van der Waals surface area (Å²) in [5, 5.41) is 13.1. The molecule has 0 aromatic carbocycles. The zero-order valence-electron chi connectivity index (χ0n) is 6.56. The largest absolute Gasteiger partial charge is 0.385 e. The number of rotatable bonds is 3. The number of hydrogen-bond donors (Lipinski definition) is 1. The molecule has 1 aromatic rings. The van der Waals surface area contributed by atoms with Crippen LogP contribution in [0.15, 0.2) is 16.8 Å². The molecule has 64 valence electrons. The number of thiophene rings is 1. The molecule has 3 heteroatoms. The third-order valence-corrected chi connectivity index (χ3v) is 2.83. The van der Waals surface area contributed by atoms with E-state index in [9.17, 15) is 9.90 Å². The van der Waals surface area contributed by atoms with Crippen LogP contribution >= 0.6 is 11.3 Å². The Hall–Kier alpha value is -0.670. The van der Waals surface area contributed by atoms with Gasteiger partial charge in [0.2, 0.25) is 0 Å². The highest BCUT2D eigenvalue weighted by Crippen LogP contribution is 2.34. The number of aliphatic hydroxyl groups is 1. The second kappa shape index (κ2) is 2.99. The van der Waals surface area contributed by atoms with Gasteiger partial charge in [-0.25, -0.2) is 0 Å². The molecule has 12 heavy (non-hydrogen) atoms. The van der Waals surface area contributed by atoms with E-state index in [1.54, 1.807) is 11.4 Å². The minimum Gasteiger partial charge on any atom is -0.385 e. The molecule has 1 aliphatic carbocycles. The highest BCUT2D eigenvalue weighted by atomic mass is 32.1. The van der Waals surface area contributed by atoms with Gasteiger partial charge in [0.25, 0.3) is 0 Å². The molecule has 0 aliphatic heterocycles. The first-order chi connectivity index (χ1) is 5.79. The molecule has 1 N–H and O–H groups in total. The summed E-state index contributed by atoms with van der Waals surface area (Å²) in [5.41, 5.74) is 0.652. The monoisotopic (exact) mass is 182 g/mol. The maximum absolute atomic E-state index is 11.4. The van der Waals surface area contributed by atoms with E-state index in [0.717, 1.165) is 12.8 Å². The molecule has 1 unspecified atom stereocenters. The van der Waals surface area contributed by atoms with Gasteiger partial charge in [-0.3, -0.25) is 4.79 Å². The topological polar surface area (TPSA) is 37.3 Å². The van der Waals surface area contributed by atoms with Crippen molar-refractivity contribution in [2.45, 2.75) is 18.9 Å². The van der Waals surface area contributed by atoms with Crippen LogP contribution in [0.3, 0.4) is 0 Å². The first kappa shape index (κ1) is 7.95. The van der Waals surface area contributed by atoms with Crippen molar-refractivity contribution in [2.24, 2.45) is 5.92 Å². The maximum Gasteiger partial charge on any atom is 0.192 e. The molecule has 0 saturated heterocycles. The van der Waals surface area contributed by atoms with Crippen molar-refractivity contribution in [3.05, 3.63) is 22.4 Å². The summed E-state index contributed by atoms with van der Waals surface area (Å²) < 4.78 is 0. The molecule has 1 atom stereocenters. The van der Waals surface area contributed by atoms with Crippen LogP contribution in [0.25, 0.3) is 0 Å². The average Bonchev–Trinajstić information content (AvgIpc) is 2.79. The summed E-state index contributed by atoms with van der Waals surface area (Å²) in [6.07, 6.45) is 1.24. The molecule has 1 aliphatic rings. The Morgan fingerprint density at radius 3 is 2.92 bits per heavy atom. The van der Waals surface area contributed by atoms with Gasteiger partial charge in [0.1, 0.15) is 6.10 Å². The van der Waals surface area contributed by atoms with Crippen LogP contribution in [0.1, 0.15) is 23.2 Å². The van der Waals surface area contributed by atoms with E-state index in [0.29, 0.717) is 5.56 Å². The smallest absolute Gasteiger partial charge is 0.192 e. The fourth-order valence-corrected chi connectivity index (χ4v) is 1.85. The van der Waals surface area contributed by atoms with E-state index >= 15 is 0 Å². The molecule has 0 bridgehead atoms. The zero-order valence-corrected chi connectivity index (χ0v) is 7.38. The van der Waals surface area contributed by atoms with Gasteiger partial charge in [0.05, 0.1) is 0 Å². The average molecular weight is 182 g/mol. The number of carbonyl (C=O) groups is 1. The lowest BCUT2D eigenvalue weighted by molar-refractivity contribution is 0.0704. The Labute approximate surface area is 74.8 Å². The van der Waals surface area contributed by atoms with Crippen LogP contribution in [-0.4, -0.2) is 17.0 Å². The summed E-state index contributed by atoms with van der Waals surface area (Å²) in [6.45, 7) is 0. The van der Waals surface area contributed by atoms with Crippen molar-refractivity contribution in [3.8, 4) is 0 Å². The molecule has 2 nitrogen and oxygen atoms in total. The lowest BCUT2D eigenvalue weighted by Crippen LogP contribution is -2.21. The van der Waals surface area contributed by atoms with Crippen molar-refractivity contribution in [3.63, 3.8) is 0 Å². The lowest BCUT2D eigenvalue weighted by atomic mass is 10.1. The summed E-state index contributed by atoms with van der Waals surface area (Å²) in [6, 6.07) is 1.76. The fourth-order valence-electron chi connectivity index (χ4n) is 1.20. The summed E-state index contributed by atoms with van der Waals surface area (Å²) >= 11 is 1.49. The van der Waals surface area contributed by atoms with Crippen molar-refractivity contribution in [1.29, 1.82) is 0 Å². The Balaban J connectivity index is 2.09. The van der Waals surface area contributed by atoms with Crippen molar-refractivity contribution in [2.75, 3.05) is 0 Å². The van der Waals surface area contributed by atoms with Gasteiger partial charge >= 0.3 is 0 Å². The normalized spacial score (nSPS) is 19.1. The van der Waals surface area contributed by atoms with E-state index in [-0.39, 0.29) is 11.7 Å². The molecule has 1 saturated carbocycles. The minimum atomic E-state index is -0.750. The van der Waals surface area contributed by atoms with E-state index in [4.69, 9.17) is 0 Å². The van der Waals surface area contributed by atoms with Gasteiger partial charge in [0.15, 0.2) is 5.78 Å². The van der Waals surface area contributed by atoms with Gasteiger partial charge in [-0.05, 0) is 30.2 Å². The van der Waals surface area contributed by atoms with Crippen LogP contribution < -0.4 is 0 Å². The van der Waals surface area contributed by atoms with Gasteiger partial charge in [-0.1, -0.05) is 0 Å². The second-order valence-electron chi connectivity index (χ2n) is 3.16. The third-order valence-electron chi connectivity index (χ3n) is 2.14. The second-order valence-corrected chi connectivity index (χ2v) is 3.94. The Morgan fingerprint density at radius 1 is 1.67 bits per heavy atom. The Morgan fingerprint density at radius 2 is 2.42 bits per heavy atom. The van der Waals surface area contributed by atoms with Crippen molar-refractivity contribution >= 4 is 17.1 Å².